The molecule has 0 aliphatic heterocycles. The first-order chi connectivity index (χ1) is 14.4. The van der Waals surface area contributed by atoms with Crippen LogP contribution in [0.2, 0.25) is 0 Å². The van der Waals surface area contributed by atoms with Crippen LogP contribution in [0.1, 0.15) is 34.2 Å². The van der Waals surface area contributed by atoms with Crippen molar-refractivity contribution in [2.45, 2.75) is 20.8 Å². The van der Waals surface area contributed by atoms with E-state index < -0.39 is 4.92 Å². The summed E-state index contributed by atoms with van der Waals surface area (Å²) < 4.78 is 7.07. The maximum absolute atomic E-state index is 12.0. The Morgan fingerprint density at radius 3 is 2.83 bits per heavy atom. The van der Waals surface area contributed by atoms with Crippen LogP contribution in [0.4, 0.5) is 11.5 Å². The molecule has 3 rings (SSSR count). The molecule has 0 spiro atoms. The summed E-state index contributed by atoms with van der Waals surface area (Å²) in [6.07, 6.45) is 3.03. The number of anilines is 1. The van der Waals surface area contributed by atoms with Crippen molar-refractivity contribution in [1.82, 2.24) is 9.55 Å². The van der Waals surface area contributed by atoms with Gasteiger partial charge in [0.05, 0.1) is 23.3 Å². The van der Waals surface area contributed by atoms with E-state index in [9.17, 15) is 14.9 Å². The average Bonchev–Trinajstić information content (AvgIpc) is 3.01. The van der Waals surface area contributed by atoms with Gasteiger partial charge in [0, 0.05) is 34.9 Å². The molecule has 1 aromatic carbocycles. The van der Waals surface area contributed by atoms with Gasteiger partial charge >= 0.3 is 11.7 Å². The second-order valence-corrected chi connectivity index (χ2v) is 6.43. The molecule has 0 unspecified atom stereocenters. The van der Waals surface area contributed by atoms with Crippen molar-refractivity contribution in [1.29, 1.82) is 0 Å². The van der Waals surface area contributed by atoms with E-state index in [2.05, 4.69) is 15.5 Å². The molecule has 0 fully saturated rings. The summed E-state index contributed by atoms with van der Waals surface area (Å²) in [5, 5.41) is 15.2. The van der Waals surface area contributed by atoms with Gasteiger partial charge in [-0.05, 0) is 51.1 Å². The van der Waals surface area contributed by atoms with Crippen LogP contribution in [0.3, 0.4) is 0 Å². The highest BCUT2D eigenvalue weighted by Gasteiger charge is 2.14. The molecular weight excluding hydrogens is 386 g/mol. The number of aryl methyl sites for hydroxylation is 1. The molecule has 0 atom stereocenters. The topological polar surface area (TPSA) is 112 Å². The minimum Gasteiger partial charge on any atom is -0.462 e. The Bertz CT molecular complexity index is 1120. The van der Waals surface area contributed by atoms with Gasteiger partial charge < -0.3 is 9.30 Å². The number of nitrogens with one attached hydrogen (secondary N) is 1. The zero-order valence-electron chi connectivity index (χ0n) is 16.8. The number of nitro groups is 1. The monoisotopic (exact) mass is 407 g/mol. The molecule has 0 aliphatic rings. The summed E-state index contributed by atoms with van der Waals surface area (Å²) in [5.74, 6) is -0.306. The van der Waals surface area contributed by atoms with Gasteiger partial charge in [-0.15, -0.1) is 0 Å². The third-order valence-corrected chi connectivity index (χ3v) is 4.44. The lowest BCUT2D eigenvalue weighted by Crippen LogP contribution is -2.06. The average molecular weight is 407 g/mol. The Morgan fingerprint density at radius 1 is 1.30 bits per heavy atom. The number of carbonyl (C=O) groups is 1. The van der Waals surface area contributed by atoms with Crippen molar-refractivity contribution in [3.63, 3.8) is 0 Å². The third-order valence-electron chi connectivity index (χ3n) is 4.44. The Hall–Kier alpha value is -4.01. The van der Waals surface area contributed by atoms with Gasteiger partial charge in [-0.2, -0.15) is 5.10 Å². The van der Waals surface area contributed by atoms with E-state index in [0.29, 0.717) is 12.2 Å². The summed E-state index contributed by atoms with van der Waals surface area (Å²) in [6.45, 7) is 5.95. The van der Waals surface area contributed by atoms with Crippen LogP contribution in [0.15, 0.2) is 53.8 Å². The number of carbonyl (C=O) groups excluding carboxylic acids is 1. The molecule has 0 saturated carbocycles. The lowest BCUT2D eigenvalue weighted by molar-refractivity contribution is -0.384. The Balaban J connectivity index is 1.86. The van der Waals surface area contributed by atoms with Gasteiger partial charge in [-0.1, -0.05) is 6.07 Å². The van der Waals surface area contributed by atoms with Gasteiger partial charge in [0.2, 0.25) is 5.82 Å². The van der Waals surface area contributed by atoms with Crippen molar-refractivity contribution < 1.29 is 14.5 Å². The normalized spacial score (nSPS) is 10.9. The van der Waals surface area contributed by atoms with E-state index >= 15 is 0 Å². The smallest absolute Gasteiger partial charge is 0.338 e. The van der Waals surface area contributed by atoms with Gasteiger partial charge in [0.25, 0.3) is 0 Å². The first-order valence-corrected chi connectivity index (χ1v) is 9.27. The Labute approximate surface area is 173 Å². The third kappa shape index (κ3) is 4.35. The Kier molecular flexibility index (Phi) is 6.21. The van der Waals surface area contributed by atoms with Crippen LogP contribution in [0.5, 0.6) is 0 Å². The number of esters is 1. The lowest BCUT2D eigenvalue weighted by atomic mass is 10.2. The molecule has 0 amide bonds. The summed E-state index contributed by atoms with van der Waals surface area (Å²) >= 11 is 0. The molecule has 0 bridgehead atoms. The fourth-order valence-electron chi connectivity index (χ4n) is 3.10. The van der Waals surface area contributed by atoms with Crippen LogP contribution >= 0.6 is 0 Å². The van der Waals surface area contributed by atoms with Crippen molar-refractivity contribution in [3.8, 4) is 5.69 Å². The van der Waals surface area contributed by atoms with Crippen LogP contribution in [-0.2, 0) is 4.74 Å². The number of hydrazone groups is 1. The lowest BCUT2D eigenvalue weighted by Gasteiger charge is -2.11. The Morgan fingerprint density at radius 2 is 2.10 bits per heavy atom. The van der Waals surface area contributed by atoms with Crippen molar-refractivity contribution in [2.24, 2.45) is 5.10 Å². The van der Waals surface area contributed by atoms with Gasteiger partial charge in [0.1, 0.15) is 0 Å². The first-order valence-electron chi connectivity index (χ1n) is 9.27. The molecule has 3 aromatic rings. The number of hydrogen-bond donors (Lipinski definition) is 1. The van der Waals surface area contributed by atoms with Crippen molar-refractivity contribution >= 4 is 23.7 Å². The van der Waals surface area contributed by atoms with Gasteiger partial charge in [-0.25, -0.2) is 9.78 Å². The second-order valence-electron chi connectivity index (χ2n) is 6.43. The molecule has 9 heteroatoms. The number of benzene rings is 1. The quantitative estimate of drug-likeness (QED) is 0.274. The standard InChI is InChI=1S/C21H21N5O4/c1-4-30-21(27)16-7-5-8-18(12-16)25-14(2)11-17(15(25)3)13-23-24-20-19(26(28)29)9-6-10-22-20/h5-13H,4H2,1-3H3,(H,22,24)/b23-13-. The van der Waals surface area contributed by atoms with Crippen molar-refractivity contribution in [3.05, 3.63) is 81.3 Å². The van der Waals surface area contributed by atoms with E-state index in [1.807, 2.05) is 30.5 Å². The number of hydrogen-bond acceptors (Lipinski definition) is 7. The number of rotatable bonds is 7. The molecule has 0 saturated heterocycles. The summed E-state index contributed by atoms with van der Waals surface area (Å²) in [6, 6.07) is 12.0. The number of ether oxygens (including phenoxy) is 1. The van der Waals surface area contributed by atoms with E-state index in [0.717, 1.165) is 22.6 Å². The molecule has 0 aliphatic carbocycles. The second kappa shape index (κ2) is 8.99. The van der Waals surface area contributed by atoms with Gasteiger partial charge in [-0.3, -0.25) is 15.5 Å². The number of nitrogens with zero attached hydrogens (tertiary/aromatic N) is 4. The van der Waals surface area contributed by atoms with Crippen LogP contribution < -0.4 is 5.43 Å². The van der Waals surface area contributed by atoms with E-state index in [1.165, 1.54) is 18.3 Å². The van der Waals surface area contributed by atoms with Crippen LogP contribution in [-0.4, -0.2) is 33.3 Å². The van der Waals surface area contributed by atoms with E-state index in [4.69, 9.17) is 4.74 Å². The minimum absolute atomic E-state index is 0.0645. The number of pyridine rings is 1. The highest BCUT2D eigenvalue weighted by atomic mass is 16.6. The largest absolute Gasteiger partial charge is 0.462 e. The van der Waals surface area contributed by atoms with Gasteiger partial charge in [0.15, 0.2) is 0 Å². The fourth-order valence-corrected chi connectivity index (χ4v) is 3.10. The maximum atomic E-state index is 12.0. The summed E-state index contributed by atoms with van der Waals surface area (Å²) in [4.78, 5) is 26.5. The SMILES string of the molecule is CCOC(=O)c1cccc(-n2c(C)cc(/C=N\Nc3ncccc3[N+](=O)[O-])c2C)c1. The van der Waals surface area contributed by atoms with Crippen LogP contribution in [0.25, 0.3) is 5.69 Å². The van der Waals surface area contributed by atoms with E-state index in [-0.39, 0.29) is 17.5 Å². The zero-order chi connectivity index (χ0) is 21.7. The fraction of sp³-hybridized carbons (Fsp3) is 0.190. The van der Waals surface area contributed by atoms with Crippen molar-refractivity contribution in [2.75, 3.05) is 12.0 Å². The molecule has 2 aromatic heterocycles. The molecule has 154 valence electrons. The zero-order valence-corrected chi connectivity index (χ0v) is 16.8. The predicted molar refractivity (Wildman–Crippen MR) is 113 cm³/mol. The van der Waals surface area contributed by atoms with Crippen LogP contribution in [0, 0.1) is 24.0 Å². The summed E-state index contributed by atoms with van der Waals surface area (Å²) in [5.41, 5.74) is 6.42. The minimum atomic E-state index is -0.521. The highest BCUT2D eigenvalue weighted by molar-refractivity contribution is 5.90. The molecular formula is C21H21N5O4. The molecule has 2 heterocycles. The van der Waals surface area contributed by atoms with E-state index in [1.54, 1.807) is 31.3 Å². The molecule has 1 N–H and O–H groups in total. The molecule has 9 nitrogen and oxygen atoms in total. The molecule has 30 heavy (non-hydrogen) atoms. The summed E-state index contributed by atoms with van der Waals surface area (Å²) in [7, 11) is 0. The molecule has 0 radical (unpaired) electrons. The predicted octanol–water partition coefficient (Wildman–Crippen LogP) is 4.02. The first kappa shape index (κ1) is 20.7. The number of aromatic nitrogens is 2. The maximum Gasteiger partial charge on any atom is 0.338 e. The highest BCUT2D eigenvalue weighted by Crippen LogP contribution is 2.22.